The Morgan fingerprint density at radius 2 is 2.08 bits per heavy atom. The van der Waals surface area contributed by atoms with Gasteiger partial charge in [-0.1, -0.05) is 6.57 Å². The second-order valence-electron chi connectivity index (χ2n) is 2.37. The summed E-state index contributed by atoms with van der Waals surface area (Å²) in [5, 5.41) is 2.54. The van der Waals surface area contributed by atoms with E-state index in [0.29, 0.717) is 5.82 Å². The van der Waals surface area contributed by atoms with Gasteiger partial charge in [0.25, 0.3) is 11.4 Å². The molecule has 1 N–H and O–H groups in total. The molecule has 0 atom stereocenters. The van der Waals surface area contributed by atoms with E-state index in [-0.39, 0.29) is 5.56 Å². The summed E-state index contributed by atoms with van der Waals surface area (Å²) < 4.78 is 1.47. The Morgan fingerprint density at radius 1 is 1.33 bits per heavy atom. The molecule has 0 saturated heterocycles. The molecule has 0 aliphatic rings. The maximum atomic E-state index is 10.9. The van der Waals surface area contributed by atoms with Crippen LogP contribution < -0.4 is 5.56 Å². The van der Waals surface area contributed by atoms with Crippen LogP contribution in [-0.4, -0.2) is 9.61 Å². The third kappa shape index (κ3) is 0.805. The van der Waals surface area contributed by atoms with Gasteiger partial charge in [0.1, 0.15) is 5.52 Å². The van der Waals surface area contributed by atoms with Crippen LogP contribution in [-0.2, 0) is 0 Å². The van der Waals surface area contributed by atoms with Gasteiger partial charge in [0.15, 0.2) is 0 Å². The highest BCUT2D eigenvalue weighted by Gasteiger charge is 2.01. The minimum Gasteiger partial charge on any atom is -0.362 e. The molecule has 0 aliphatic heterocycles. The Hall–Kier alpha value is -2.02. The molecular weight excluding hydrogens is 154 g/mol. The number of rotatable bonds is 0. The van der Waals surface area contributed by atoms with E-state index in [2.05, 4.69) is 9.94 Å². The lowest BCUT2D eigenvalue weighted by atomic mass is 10.4. The van der Waals surface area contributed by atoms with Gasteiger partial charge in [-0.25, -0.2) is 5.10 Å². The van der Waals surface area contributed by atoms with Crippen LogP contribution in [0.4, 0.5) is 5.82 Å². The molecular formula is C8H5N3O. The van der Waals surface area contributed by atoms with Gasteiger partial charge in [-0.2, -0.15) is 4.52 Å². The largest absolute Gasteiger partial charge is 0.362 e. The van der Waals surface area contributed by atoms with Crippen LogP contribution in [0.2, 0.25) is 0 Å². The van der Waals surface area contributed by atoms with Crippen molar-refractivity contribution in [3.8, 4) is 0 Å². The number of nitrogens with one attached hydrogen (secondary N) is 1. The van der Waals surface area contributed by atoms with Crippen molar-refractivity contribution in [2.24, 2.45) is 0 Å². The maximum absolute atomic E-state index is 10.9. The minimum absolute atomic E-state index is 0.205. The van der Waals surface area contributed by atoms with Crippen molar-refractivity contribution >= 4 is 11.3 Å². The number of H-pyrrole nitrogens is 1. The molecule has 0 amide bonds. The van der Waals surface area contributed by atoms with Crippen molar-refractivity contribution in [1.29, 1.82) is 0 Å². The molecule has 0 aromatic carbocycles. The average Bonchev–Trinajstić information content (AvgIpc) is 2.46. The standard InChI is InChI=1S/C8H5N3O/c1-9-7-4-2-6-3-5-8(12)10-11(6)7/h2-5H,(H,10,12). The molecule has 0 unspecified atom stereocenters. The van der Waals surface area contributed by atoms with Crippen molar-refractivity contribution in [1.82, 2.24) is 9.61 Å². The van der Waals surface area contributed by atoms with Crippen molar-refractivity contribution in [3.63, 3.8) is 0 Å². The molecule has 0 saturated carbocycles. The summed E-state index contributed by atoms with van der Waals surface area (Å²) in [7, 11) is 0. The van der Waals surface area contributed by atoms with E-state index < -0.39 is 0 Å². The summed E-state index contributed by atoms with van der Waals surface area (Å²) in [6.07, 6.45) is 0. The van der Waals surface area contributed by atoms with Crippen LogP contribution in [0, 0.1) is 6.57 Å². The van der Waals surface area contributed by atoms with Crippen LogP contribution in [0.25, 0.3) is 10.4 Å². The summed E-state index contributed by atoms with van der Waals surface area (Å²) in [4.78, 5) is 14.1. The minimum atomic E-state index is -0.205. The van der Waals surface area contributed by atoms with E-state index in [0.717, 1.165) is 5.52 Å². The lowest BCUT2D eigenvalue weighted by molar-refractivity contribution is 0.923. The van der Waals surface area contributed by atoms with Gasteiger partial charge >= 0.3 is 0 Å². The molecule has 2 rings (SSSR count). The molecule has 0 radical (unpaired) electrons. The first-order valence-corrected chi connectivity index (χ1v) is 3.39. The second kappa shape index (κ2) is 2.24. The van der Waals surface area contributed by atoms with Gasteiger partial charge in [0, 0.05) is 6.07 Å². The predicted octanol–water partition coefficient (Wildman–Crippen LogP) is 1.18. The highest BCUT2D eigenvalue weighted by molar-refractivity contribution is 5.56. The first kappa shape index (κ1) is 6.68. The summed E-state index contributed by atoms with van der Waals surface area (Å²) >= 11 is 0. The van der Waals surface area contributed by atoms with E-state index in [1.807, 2.05) is 0 Å². The molecule has 4 heteroatoms. The lowest BCUT2D eigenvalue weighted by Gasteiger charge is -1.90. The number of nitrogens with zero attached hydrogens (tertiary/aromatic N) is 2. The molecule has 2 aromatic rings. The zero-order valence-corrected chi connectivity index (χ0v) is 6.11. The quantitative estimate of drug-likeness (QED) is 0.576. The molecule has 2 aromatic heterocycles. The van der Waals surface area contributed by atoms with Crippen LogP contribution in [0.15, 0.2) is 29.1 Å². The van der Waals surface area contributed by atoms with Crippen LogP contribution in [0.1, 0.15) is 0 Å². The van der Waals surface area contributed by atoms with Crippen LogP contribution in [0.3, 0.4) is 0 Å². The summed E-state index contributed by atoms with van der Waals surface area (Å²) in [6, 6.07) is 6.55. The molecule has 12 heavy (non-hydrogen) atoms. The Labute approximate surface area is 67.9 Å². The third-order valence-electron chi connectivity index (χ3n) is 1.63. The topological polar surface area (TPSA) is 41.6 Å². The number of hydrogen-bond donors (Lipinski definition) is 1. The molecule has 0 aliphatic carbocycles. The van der Waals surface area contributed by atoms with E-state index in [9.17, 15) is 4.79 Å². The van der Waals surface area contributed by atoms with E-state index in [4.69, 9.17) is 6.57 Å². The van der Waals surface area contributed by atoms with E-state index in [1.54, 1.807) is 18.2 Å². The molecule has 4 nitrogen and oxygen atoms in total. The SMILES string of the molecule is [C-]#[N+]c1ccc2ccc(=O)[nH]n12. The first-order valence-electron chi connectivity index (χ1n) is 3.39. The monoisotopic (exact) mass is 159 g/mol. The van der Waals surface area contributed by atoms with Gasteiger partial charge in [-0.05, 0) is 18.2 Å². The molecule has 58 valence electrons. The van der Waals surface area contributed by atoms with Gasteiger partial charge < -0.3 is 4.85 Å². The maximum Gasteiger partial charge on any atom is 0.278 e. The van der Waals surface area contributed by atoms with Gasteiger partial charge in [-0.3, -0.25) is 4.79 Å². The van der Waals surface area contributed by atoms with E-state index >= 15 is 0 Å². The van der Waals surface area contributed by atoms with Gasteiger partial charge in [0.05, 0.1) is 0 Å². The van der Waals surface area contributed by atoms with Crippen LogP contribution in [0.5, 0.6) is 0 Å². The lowest BCUT2D eigenvalue weighted by Crippen LogP contribution is -2.07. The highest BCUT2D eigenvalue weighted by atomic mass is 16.1. The fourth-order valence-electron chi connectivity index (χ4n) is 1.09. The average molecular weight is 159 g/mol. The Morgan fingerprint density at radius 3 is 2.83 bits per heavy atom. The summed E-state index contributed by atoms with van der Waals surface area (Å²) in [6.45, 7) is 6.80. The zero-order valence-electron chi connectivity index (χ0n) is 6.11. The van der Waals surface area contributed by atoms with Crippen molar-refractivity contribution in [3.05, 3.63) is 46.0 Å². The van der Waals surface area contributed by atoms with Gasteiger partial charge in [-0.15, -0.1) is 0 Å². The Bertz CT molecular complexity index is 515. The number of aromatic amines is 1. The van der Waals surface area contributed by atoms with Crippen molar-refractivity contribution in [2.45, 2.75) is 0 Å². The number of fused-ring (bicyclic) bond motifs is 1. The van der Waals surface area contributed by atoms with Gasteiger partial charge in [0.2, 0.25) is 0 Å². The molecule has 0 bridgehead atoms. The molecule has 0 spiro atoms. The molecule has 0 fully saturated rings. The molecule has 2 heterocycles. The second-order valence-corrected chi connectivity index (χ2v) is 2.37. The zero-order chi connectivity index (χ0) is 8.55. The van der Waals surface area contributed by atoms with Crippen molar-refractivity contribution < 1.29 is 0 Å². The summed E-state index contributed by atoms with van der Waals surface area (Å²) in [5.41, 5.74) is 0.615. The predicted molar refractivity (Wildman–Crippen MR) is 44.3 cm³/mol. The number of aromatic nitrogens is 2. The van der Waals surface area contributed by atoms with Crippen molar-refractivity contribution in [2.75, 3.05) is 0 Å². The fourth-order valence-corrected chi connectivity index (χ4v) is 1.09. The van der Waals surface area contributed by atoms with Crippen LogP contribution >= 0.6 is 0 Å². The third-order valence-corrected chi connectivity index (χ3v) is 1.63. The highest BCUT2D eigenvalue weighted by Crippen LogP contribution is 2.14. The Kier molecular flexibility index (Phi) is 1.25. The summed E-state index contributed by atoms with van der Waals surface area (Å²) in [5.74, 6) is 0.419. The number of hydrogen-bond acceptors (Lipinski definition) is 1. The Balaban J connectivity index is 2.95. The normalized spacial score (nSPS) is 9.92. The first-order chi connectivity index (χ1) is 5.81. The smallest absolute Gasteiger partial charge is 0.278 e. The van der Waals surface area contributed by atoms with E-state index in [1.165, 1.54) is 10.6 Å². The fraction of sp³-hybridized carbons (Fsp3) is 0.